The molecule has 0 aliphatic carbocycles. The van der Waals surface area contributed by atoms with Gasteiger partial charge >= 0.3 is 0 Å². The van der Waals surface area contributed by atoms with Crippen molar-refractivity contribution in [2.75, 3.05) is 6.61 Å². The number of aryl methyl sites for hydroxylation is 2. The Labute approximate surface area is 127 Å². The van der Waals surface area contributed by atoms with Crippen LogP contribution in [-0.2, 0) is 6.54 Å². The number of amides is 1. The molecule has 0 aromatic carbocycles. The summed E-state index contributed by atoms with van der Waals surface area (Å²) in [5, 5.41) is 11.6. The van der Waals surface area contributed by atoms with E-state index < -0.39 is 0 Å². The number of rotatable bonds is 3. The first kappa shape index (κ1) is 15.2. The minimum atomic E-state index is -0.246. The molecule has 0 radical (unpaired) electrons. The van der Waals surface area contributed by atoms with Crippen molar-refractivity contribution in [1.29, 1.82) is 0 Å². The van der Waals surface area contributed by atoms with Crippen LogP contribution in [0.4, 0.5) is 0 Å². The van der Waals surface area contributed by atoms with E-state index >= 15 is 0 Å². The number of carbonyl (C=O) groups is 1. The molecule has 0 unspecified atom stereocenters. The zero-order chi connectivity index (χ0) is 15.2. The van der Waals surface area contributed by atoms with Crippen LogP contribution in [0.15, 0.2) is 24.5 Å². The van der Waals surface area contributed by atoms with E-state index in [0.29, 0.717) is 17.7 Å². The van der Waals surface area contributed by atoms with Crippen molar-refractivity contribution in [2.24, 2.45) is 0 Å². The minimum absolute atomic E-state index is 0.191. The molecule has 0 aliphatic rings. The van der Waals surface area contributed by atoms with Gasteiger partial charge in [0.1, 0.15) is 6.61 Å². The molecule has 2 heterocycles. The van der Waals surface area contributed by atoms with Crippen molar-refractivity contribution in [2.45, 2.75) is 20.4 Å². The molecule has 2 aromatic heterocycles. The molecule has 4 nitrogen and oxygen atoms in total. The molecule has 1 amide bonds. The van der Waals surface area contributed by atoms with E-state index in [1.54, 1.807) is 23.6 Å². The fourth-order valence-corrected chi connectivity index (χ4v) is 2.82. The highest BCUT2D eigenvalue weighted by atomic mass is 32.1. The van der Waals surface area contributed by atoms with Crippen molar-refractivity contribution in [3.05, 3.63) is 51.0 Å². The summed E-state index contributed by atoms with van der Waals surface area (Å²) in [5.74, 6) is 5.08. The lowest BCUT2D eigenvalue weighted by Gasteiger charge is -2.05. The van der Waals surface area contributed by atoms with Crippen LogP contribution in [0.5, 0.6) is 0 Å². The number of aromatic nitrogens is 1. The van der Waals surface area contributed by atoms with Crippen molar-refractivity contribution in [1.82, 2.24) is 10.3 Å². The van der Waals surface area contributed by atoms with Crippen LogP contribution in [0.1, 0.15) is 31.2 Å². The average molecular weight is 300 g/mol. The van der Waals surface area contributed by atoms with Gasteiger partial charge in [0, 0.05) is 22.1 Å². The van der Waals surface area contributed by atoms with Gasteiger partial charge in [-0.3, -0.25) is 9.78 Å². The highest BCUT2D eigenvalue weighted by Crippen LogP contribution is 2.20. The third-order valence-electron chi connectivity index (χ3n) is 3.01. The Bertz CT molecular complexity index is 691. The van der Waals surface area contributed by atoms with Crippen molar-refractivity contribution >= 4 is 17.2 Å². The first-order chi connectivity index (χ1) is 10.1. The Balaban J connectivity index is 2.10. The van der Waals surface area contributed by atoms with Gasteiger partial charge in [0.15, 0.2) is 0 Å². The summed E-state index contributed by atoms with van der Waals surface area (Å²) in [6.07, 6.45) is 3.08. The maximum absolute atomic E-state index is 12.2. The monoisotopic (exact) mass is 300 g/mol. The lowest BCUT2D eigenvalue weighted by Crippen LogP contribution is -2.23. The second kappa shape index (κ2) is 7.02. The van der Waals surface area contributed by atoms with E-state index in [0.717, 1.165) is 4.88 Å². The number of thiophene rings is 1. The van der Waals surface area contributed by atoms with Gasteiger partial charge in [0.25, 0.3) is 5.91 Å². The fourth-order valence-electron chi connectivity index (χ4n) is 1.83. The van der Waals surface area contributed by atoms with E-state index in [-0.39, 0.29) is 12.5 Å². The van der Waals surface area contributed by atoms with E-state index in [1.807, 2.05) is 0 Å². The van der Waals surface area contributed by atoms with Crippen molar-refractivity contribution in [3.63, 3.8) is 0 Å². The Morgan fingerprint density at radius 3 is 2.95 bits per heavy atom. The number of aliphatic hydroxyl groups excluding tert-OH is 1. The zero-order valence-electron chi connectivity index (χ0n) is 11.9. The molecule has 0 saturated heterocycles. The summed E-state index contributed by atoms with van der Waals surface area (Å²) >= 11 is 1.68. The summed E-state index contributed by atoms with van der Waals surface area (Å²) < 4.78 is 0. The Morgan fingerprint density at radius 1 is 1.48 bits per heavy atom. The van der Waals surface area contributed by atoms with Gasteiger partial charge in [-0.15, -0.1) is 11.3 Å². The van der Waals surface area contributed by atoms with E-state index in [2.05, 4.69) is 42.1 Å². The molecular formula is C16H16N2O2S. The van der Waals surface area contributed by atoms with E-state index in [4.69, 9.17) is 5.11 Å². The molecule has 2 N–H and O–H groups in total. The topological polar surface area (TPSA) is 62.2 Å². The molecule has 0 fully saturated rings. The van der Waals surface area contributed by atoms with E-state index in [9.17, 15) is 4.79 Å². The van der Waals surface area contributed by atoms with Gasteiger partial charge in [0.2, 0.25) is 0 Å². The Hall–Kier alpha value is -2.16. The molecule has 0 atom stereocenters. The lowest BCUT2D eigenvalue weighted by atomic mass is 10.1. The molecule has 5 heteroatoms. The molecule has 2 aromatic rings. The molecule has 0 saturated carbocycles. The summed E-state index contributed by atoms with van der Waals surface area (Å²) in [7, 11) is 0. The number of pyridine rings is 1. The van der Waals surface area contributed by atoms with Crippen LogP contribution in [0.3, 0.4) is 0 Å². The summed E-state index contributed by atoms with van der Waals surface area (Å²) in [6.45, 7) is 4.37. The lowest BCUT2D eigenvalue weighted by molar-refractivity contribution is 0.0951. The number of nitrogens with zero attached hydrogens (tertiary/aromatic N) is 1. The van der Waals surface area contributed by atoms with Gasteiger partial charge in [-0.2, -0.15) is 0 Å². The van der Waals surface area contributed by atoms with Crippen molar-refractivity contribution < 1.29 is 9.90 Å². The fraction of sp³-hybridized carbons (Fsp3) is 0.250. The molecule has 0 spiro atoms. The Morgan fingerprint density at radius 2 is 2.29 bits per heavy atom. The predicted molar refractivity (Wildman–Crippen MR) is 83.2 cm³/mol. The van der Waals surface area contributed by atoms with Gasteiger partial charge in [0.05, 0.1) is 17.7 Å². The van der Waals surface area contributed by atoms with Gasteiger partial charge in [-0.25, -0.2) is 0 Å². The zero-order valence-corrected chi connectivity index (χ0v) is 12.8. The third kappa shape index (κ3) is 3.91. The van der Waals surface area contributed by atoms with Crippen molar-refractivity contribution in [3.8, 4) is 11.8 Å². The molecule has 21 heavy (non-hydrogen) atoms. The number of nitrogens with one attached hydrogen (secondary N) is 1. The molecular weight excluding hydrogens is 284 g/mol. The van der Waals surface area contributed by atoms with E-state index in [1.165, 1.54) is 16.6 Å². The second-order valence-electron chi connectivity index (χ2n) is 4.52. The third-order valence-corrected chi connectivity index (χ3v) is 4.16. The van der Waals surface area contributed by atoms with Crippen LogP contribution in [0, 0.1) is 25.7 Å². The predicted octanol–water partition coefficient (Wildman–Crippen LogP) is 2.03. The number of carbonyl (C=O) groups excluding carboxylic acids is 1. The first-order valence-electron chi connectivity index (χ1n) is 6.49. The number of aliphatic hydroxyl groups is 1. The highest BCUT2D eigenvalue weighted by Gasteiger charge is 2.10. The summed E-state index contributed by atoms with van der Waals surface area (Å²) in [5.41, 5.74) is 2.22. The minimum Gasteiger partial charge on any atom is -0.384 e. The highest BCUT2D eigenvalue weighted by molar-refractivity contribution is 7.12. The van der Waals surface area contributed by atoms with Crippen LogP contribution in [-0.4, -0.2) is 22.6 Å². The van der Waals surface area contributed by atoms with Crippen LogP contribution in [0.2, 0.25) is 0 Å². The van der Waals surface area contributed by atoms with Gasteiger partial charge in [-0.1, -0.05) is 11.8 Å². The standard InChI is InChI=1S/C16H16N2O2S/c1-11-8-14(21-12(11)2)10-18-16(20)15-5-6-17-9-13(15)4-3-7-19/h5-6,8-9,19H,7,10H2,1-2H3,(H,18,20). The van der Waals surface area contributed by atoms with Gasteiger partial charge in [-0.05, 0) is 31.5 Å². The molecule has 2 rings (SSSR count). The van der Waals surface area contributed by atoms with Gasteiger partial charge < -0.3 is 10.4 Å². The molecule has 0 bridgehead atoms. The quantitative estimate of drug-likeness (QED) is 0.853. The number of hydrogen-bond donors (Lipinski definition) is 2. The molecule has 108 valence electrons. The SMILES string of the molecule is Cc1cc(CNC(=O)c2ccncc2C#CCO)sc1C. The summed E-state index contributed by atoms with van der Waals surface area (Å²) in [6, 6.07) is 3.71. The normalized spacial score (nSPS) is 9.86. The first-order valence-corrected chi connectivity index (χ1v) is 7.31. The maximum atomic E-state index is 12.2. The Kier molecular flexibility index (Phi) is 5.09. The number of hydrogen-bond acceptors (Lipinski definition) is 4. The maximum Gasteiger partial charge on any atom is 0.252 e. The second-order valence-corrected chi connectivity index (χ2v) is 5.86. The largest absolute Gasteiger partial charge is 0.384 e. The summed E-state index contributed by atoms with van der Waals surface area (Å²) in [4.78, 5) is 18.6. The van der Waals surface area contributed by atoms with Crippen LogP contribution < -0.4 is 5.32 Å². The van der Waals surface area contributed by atoms with Crippen LogP contribution >= 0.6 is 11.3 Å². The van der Waals surface area contributed by atoms with Crippen LogP contribution in [0.25, 0.3) is 0 Å². The molecule has 0 aliphatic heterocycles. The smallest absolute Gasteiger partial charge is 0.252 e. The average Bonchev–Trinajstić information content (AvgIpc) is 2.81.